The first-order chi connectivity index (χ1) is 69.6. The van der Waals surface area contributed by atoms with Crippen LogP contribution in [-0.2, 0) is 145 Å². The second kappa shape index (κ2) is 56.6. The number of imidazole rings is 4. The largest absolute Gasteiger partial charge is 0.494 e. The van der Waals surface area contributed by atoms with E-state index in [9.17, 15) is 74.2 Å². The first kappa shape index (κ1) is 117. The maximum atomic E-state index is 14.1. The second-order valence-corrected chi connectivity index (χ2v) is 45.4. The van der Waals surface area contributed by atoms with Crippen molar-refractivity contribution in [3.8, 4) is 5.75 Å². The van der Waals surface area contributed by atoms with Crippen LogP contribution in [-0.4, -0.2) is 207 Å². The third-order valence-electron chi connectivity index (χ3n) is 20.7. The summed E-state index contributed by atoms with van der Waals surface area (Å²) < 4.78 is 187. The Kier molecular flexibility index (Phi) is 45.4. The van der Waals surface area contributed by atoms with Gasteiger partial charge in [0.1, 0.15) is 42.8 Å². The smallest absolute Gasteiger partial charge is 0.356 e. The fourth-order valence-corrected chi connectivity index (χ4v) is 21.1. The minimum atomic E-state index is -3.81. The van der Waals surface area contributed by atoms with Gasteiger partial charge in [-0.2, -0.15) is 19.9 Å². The molecule has 4 atom stereocenters. The molecule has 8 aromatic heterocycles. The summed E-state index contributed by atoms with van der Waals surface area (Å²) >= 11 is 4.35. The van der Waals surface area contributed by atoms with Gasteiger partial charge in [-0.15, -0.1) is 6.58 Å². The molecule has 1 saturated carbocycles. The highest BCUT2D eigenvalue weighted by molar-refractivity contribution is 8.14. The van der Waals surface area contributed by atoms with Crippen LogP contribution in [0.25, 0.3) is 44.7 Å². The summed E-state index contributed by atoms with van der Waals surface area (Å²) in [4.78, 5) is 137. The normalized spacial score (nSPS) is 13.8. The highest BCUT2D eigenvalue weighted by Gasteiger charge is 2.33. The van der Waals surface area contributed by atoms with Gasteiger partial charge in [-0.05, 0) is 103 Å². The molecule has 12 N–H and O–H groups in total. The van der Waals surface area contributed by atoms with Crippen molar-refractivity contribution in [3.63, 3.8) is 0 Å². The van der Waals surface area contributed by atoms with Gasteiger partial charge in [0.25, 0.3) is 22.2 Å². The van der Waals surface area contributed by atoms with E-state index in [4.69, 9.17) is 82.8 Å². The van der Waals surface area contributed by atoms with Crippen LogP contribution >= 0.6 is 77.4 Å². The lowest BCUT2D eigenvalue weighted by Crippen LogP contribution is -2.20. The molecule has 45 nitrogen and oxygen atoms in total. The van der Waals surface area contributed by atoms with Crippen molar-refractivity contribution in [3.05, 3.63) is 214 Å². The predicted molar refractivity (Wildman–Crippen MR) is 545 cm³/mol. The molecule has 0 bridgehead atoms. The Morgan fingerprint density at radius 3 is 1.01 bits per heavy atom. The highest BCUT2D eigenvalue weighted by atomic mass is 32.2. The fourth-order valence-electron chi connectivity index (χ4n) is 12.6. The molecule has 1 aliphatic carbocycles. The molecular formula is C89H114F4N20O25P4S4. The second-order valence-electron chi connectivity index (χ2n) is 33.0. The van der Waals surface area contributed by atoms with E-state index in [0.717, 1.165) is 66.3 Å². The minimum Gasteiger partial charge on any atom is -0.494 e. The van der Waals surface area contributed by atoms with Gasteiger partial charge in [-0.1, -0.05) is 130 Å². The van der Waals surface area contributed by atoms with Gasteiger partial charge in [-0.25, -0.2) is 37.5 Å². The number of aryl methyl sites for hydroxylation is 3. The molecule has 8 heterocycles. The molecule has 1 aliphatic rings. The lowest BCUT2D eigenvalue weighted by Gasteiger charge is -2.23. The summed E-state index contributed by atoms with van der Waals surface area (Å²) in [5, 5.41) is 0.00724. The number of nitrogens with two attached hydrogens (primary N) is 4. The molecule has 12 aromatic rings. The summed E-state index contributed by atoms with van der Waals surface area (Å²) in [6.45, 7) is 16.2. The molecule has 792 valence electrons. The number of aromatic nitrogens is 16. The van der Waals surface area contributed by atoms with Crippen LogP contribution in [0.4, 0.5) is 41.4 Å². The molecule has 0 spiro atoms. The van der Waals surface area contributed by atoms with E-state index >= 15 is 0 Å². The molecule has 146 heavy (non-hydrogen) atoms. The van der Waals surface area contributed by atoms with Crippen molar-refractivity contribution in [2.24, 2.45) is 11.3 Å². The molecule has 0 aliphatic heterocycles. The van der Waals surface area contributed by atoms with E-state index in [2.05, 4.69) is 66.4 Å². The molecule has 4 unspecified atom stereocenters. The number of nitrogens with one attached hydrogen (secondary N) is 4. The Hall–Kier alpha value is -10.7. The van der Waals surface area contributed by atoms with Gasteiger partial charge >= 0.3 is 30.4 Å². The number of carbonyl (C=O) groups excluding carboxylic acids is 4. The van der Waals surface area contributed by atoms with Gasteiger partial charge in [0.2, 0.25) is 23.8 Å². The van der Waals surface area contributed by atoms with Crippen LogP contribution in [0.3, 0.4) is 0 Å². The number of fused-ring (bicyclic) bond motifs is 4. The van der Waals surface area contributed by atoms with Crippen molar-refractivity contribution in [1.29, 1.82) is 0 Å². The minimum absolute atomic E-state index is 0.00336. The SMILES string of the molecule is C=CCC(=O)SCCOP(=O)(COCCn1cnc2c(=O)[nH]c(N)nc21)OCc1ccc(C)c(F)c1.CCC(=O)SCCOP(=O)(COCCn1cnc2c(=O)[nH]c(N)nc21)OCc1ccc(C)c(F)c1.COc1ccc(COP(=O)(COCCn2cnc3c(=O)[nH]c(N)nc32)OCCSC(=O)C(C)(C)C)cc1F.Cc1ccc(COP(=O)(COCCn2cnc3c(=O)[nH]c(N)nc32)OCCSC(=O)C2CCC2)cc1F. The first-order valence-electron chi connectivity index (χ1n) is 45.1. The third-order valence-corrected chi connectivity index (χ3v) is 31.1. The van der Waals surface area contributed by atoms with Crippen molar-refractivity contribution in [1.82, 2.24) is 78.1 Å². The van der Waals surface area contributed by atoms with Crippen molar-refractivity contribution in [2.45, 2.75) is 133 Å². The number of hydrogen-bond acceptors (Lipinski definition) is 41. The van der Waals surface area contributed by atoms with Crippen LogP contribution < -0.4 is 49.9 Å². The van der Waals surface area contributed by atoms with Crippen molar-refractivity contribution >= 4 is 166 Å². The summed E-state index contributed by atoms with van der Waals surface area (Å²) in [6.07, 6.45) is 9.22. The standard InChI is InChI=1S/C23H31FN5O7PS.C23H29FN5O6PS.C22H27FN5O6PS.C21H27FN5O6PS/c1-23(2,3)21(31)38-10-9-35-37(32,36-12-15-5-6-17(33-4)16(24)11-15)14-34-8-7-29-13-26-18-19(29)27-22(25)28-20(18)30;1-15-5-6-16(11-18(15)24)12-35-36(32,34-9-10-37-22(31)17-3-2-4-17)14-33-8-7-29-13-26-19-20(29)27-23(25)28-21(19)30;1-3-4-18(29)36-10-9-33-35(31,34-12-16-6-5-15(2)17(23)11-16)14-32-8-7-28-13-25-19-20(28)26-22(24)27-21(19)30;1-3-17(28)35-9-8-32-34(30,33-11-15-5-4-14(2)16(22)10-15)13-31-7-6-27-12-24-18-19(27)25-21(23)26-20(18)29/h5-6,11,13H,7-10,12,14H2,1-4H3,(H3,25,27,28,30);5-6,11,13,17H,2-4,7-10,12,14H2,1H3,(H3,25,27,28,30);3,5-6,11,13H,1,4,7-10,12,14H2,2H3,(H3,24,26,27,30);4-5,10,12H,3,6-9,11,13H2,1-2H3,(H3,23,25,26,29). The topological polar surface area (TPSA) is 615 Å². The van der Waals surface area contributed by atoms with Gasteiger partial charge in [0.15, 0.2) is 76.7 Å². The number of anilines is 4. The maximum Gasteiger partial charge on any atom is 0.356 e. The van der Waals surface area contributed by atoms with E-state index < -0.39 is 81.8 Å². The van der Waals surface area contributed by atoms with Crippen molar-refractivity contribution < 1.29 is 115 Å². The van der Waals surface area contributed by atoms with E-state index in [1.165, 1.54) is 68.8 Å². The number of carbonyl (C=O) groups is 4. The number of nitrogens with zero attached hydrogens (tertiary/aromatic N) is 12. The zero-order valence-corrected chi connectivity index (χ0v) is 87.8. The number of methoxy groups -OCH3 is 1. The lowest BCUT2D eigenvalue weighted by atomic mass is 9.87. The Morgan fingerprint density at radius 1 is 0.438 bits per heavy atom. The number of allylic oxidation sites excluding steroid dienone is 1. The predicted octanol–water partition coefficient (Wildman–Crippen LogP) is 13.8. The van der Waals surface area contributed by atoms with Crippen LogP contribution in [0.2, 0.25) is 0 Å². The molecular weight excluding hydrogens is 2080 g/mol. The van der Waals surface area contributed by atoms with Crippen LogP contribution in [0, 0.1) is 55.4 Å². The molecule has 0 radical (unpaired) electrons. The molecule has 4 aromatic carbocycles. The molecule has 1 fully saturated rings. The van der Waals surface area contributed by atoms with E-state index in [0.29, 0.717) is 68.2 Å². The summed E-state index contributed by atoms with van der Waals surface area (Å²) in [7, 11) is -13.7. The number of ether oxygens (including phenoxy) is 5. The number of benzene rings is 4. The van der Waals surface area contributed by atoms with Gasteiger partial charge in [0.05, 0.1) is 112 Å². The highest BCUT2D eigenvalue weighted by Crippen LogP contribution is 2.53. The Labute approximate surface area is 850 Å². The Balaban J connectivity index is 0.000000200. The maximum absolute atomic E-state index is 14.1. The number of rotatable bonds is 53. The number of H-pyrrole nitrogens is 4. The summed E-state index contributed by atoms with van der Waals surface area (Å²) in [5.74, 6) is -0.581. The number of nitrogen functional groups attached to an aromatic ring is 4. The monoisotopic (exact) mass is 2190 g/mol. The Bertz CT molecular complexity index is 6970. The van der Waals surface area contributed by atoms with Crippen LogP contribution in [0.15, 0.2) is 130 Å². The molecule has 13 rings (SSSR count). The average Bonchev–Trinajstić information content (AvgIpc) is 1.70. The Morgan fingerprint density at radius 2 is 0.733 bits per heavy atom. The van der Waals surface area contributed by atoms with Crippen LogP contribution in [0.1, 0.15) is 98.7 Å². The van der Waals surface area contributed by atoms with E-state index in [-0.39, 0.29) is 238 Å². The summed E-state index contributed by atoms with van der Waals surface area (Å²) in [5.41, 5.74) is 25.1. The molecule has 0 amide bonds. The quantitative estimate of drug-likeness (QED) is 0.00759. The number of halogens is 4. The fraction of sp³-hybridized carbons (Fsp3) is 0.438. The number of aromatic amines is 4. The van der Waals surface area contributed by atoms with Gasteiger partial charge < -0.3 is 101 Å². The zero-order chi connectivity index (χ0) is 106. The third kappa shape index (κ3) is 36.6. The summed E-state index contributed by atoms with van der Waals surface area (Å²) in [6, 6.07) is 18.0. The van der Waals surface area contributed by atoms with Crippen molar-refractivity contribution in [2.75, 3.05) is 131 Å². The van der Waals surface area contributed by atoms with E-state index in [1.54, 1.807) is 88.4 Å². The van der Waals surface area contributed by atoms with E-state index in [1.807, 2.05) is 20.8 Å². The number of hydrogen-bond donors (Lipinski definition) is 8. The van der Waals surface area contributed by atoms with Gasteiger partial charge in [0, 0.05) is 73.4 Å². The lowest BCUT2D eigenvalue weighted by molar-refractivity contribution is -0.117. The molecule has 57 heteroatoms. The van der Waals surface area contributed by atoms with Crippen LogP contribution in [0.5, 0.6) is 5.75 Å². The average molecular weight is 2190 g/mol. The number of thioether (sulfide) groups is 4. The van der Waals surface area contributed by atoms with Gasteiger partial charge in [-0.3, -0.25) is 76.6 Å². The molecule has 0 saturated heterocycles. The zero-order valence-electron chi connectivity index (χ0n) is 80.9. The first-order valence-corrected chi connectivity index (χ1v) is 55.9.